The molecule has 0 radical (unpaired) electrons. The summed E-state index contributed by atoms with van der Waals surface area (Å²) in [4.78, 5) is 12.3. The molecule has 0 bridgehead atoms. The van der Waals surface area contributed by atoms with Gasteiger partial charge in [-0.1, -0.05) is 54.1 Å². The minimum Gasteiger partial charge on any atom is -0.489 e. The first-order chi connectivity index (χ1) is 13.6. The smallest absolute Gasteiger partial charge is 0.251 e. The highest BCUT2D eigenvalue weighted by molar-refractivity contribution is 5.94. The third-order valence-corrected chi connectivity index (χ3v) is 4.39. The van der Waals surface area contributed by atoms with Crippen LogP contribution < -0.4 is 10.1 Å². The van der Waals surface area contributed by atoms with Crippen LogP contribution in [0.25, 0.3) is 0 Å². The molecular formula is C24H25NO3. The van der Waals surface area contributed by atoms with Crippen LogP contribution in [0.15, 0.2) is 72.8 Å². The van der Waals surface area contributed by atoms with Crippen molar-refractivity contribution in [1.82, 2.24) is 5.32 Å². The summed E-state index contributed by atoms with van der Waals surface area (Å²) in [6.07, 6.45) is 0. The number of ether oxygens (including phenoxy) is 2. The molecule has 0 aliphatic rings. The molecular weight excluding hydrogens is 350 g/mol. The molecule has 0 heterocycles. The molecule has 3 aromatic carbocycles. The van der Waals surface area contributed by atoms with E-state index in [2.05, 4.69) is 30.4 Å². The second kappa shape index (κ2) is 9.72. The Morgan fingerprint density at radius 1 is 0.857 bits per heavy atom. The summed E-state index contributed by atoms with van der Waals surface area (Å²) in [5, 5.41) is 2.94. The highest BCUT2D eigenvalue weighted by Crippen LogP contribution is 2.15. The summed E-state index contributed by atoms with van der Waals surface area (Å²) in [5.74, 6) is 0.717. The van der Waals surface area contributed by atoms with Crippen molar-refractivity contribution in [3.05, 3.63) is 101 Å². The van der Waals surface area contributed by atoms with Gasteiger partial charge in [-0.25, -0.2) is 0 Å². The lowest BCUT2D eigenvalue weighted by atomic mass is 10.1. The average molecular weight is 375 g/mol. The van der Waals surface area contributed by atoms with Gasteiger partial charge in [-0.2, -0.15) is 0 Å². The monoisotopic (exact) mass is 375 g/mol. The number of hydrogen-bond donors (Lipinski definition) is 1. The third kappa shape index (κ3) is 5.69. The number of rotatable bonds is 8. The minimum atomic E-state index is -0.0938. The zero-order valence-corrected chi connectivity index (χ0v) is 16.3. The van der Waals surface area contributed by atoms with Gasteiger partial charge in [0.15, 0.2) is 0 Å². The van der Waals surface area contributed by atoms with Gasteiger partial charge in [-0.3, -0.25) is 4.79 Å². The van der Waals surface area contributed by atoms with Gasteiger partial charge in [0.1, 0.15) is 12.4 Å². The van der Waals surface area contributed by atoms with Crippen molar-refractivity contribution in [3.8, 4) is 5.75 Å². The van der Waals surface area contributed by atoms with E-state index >= 15 is 0 Å². The van der Waals surface area contributed by atoms with Crippen LogP contribution in [0.2, 0.25) is 0 Å². The van der Waals surface area contributed by atoms with Gasteiger partial charge in [0, 0.05) is 19.2 Å². The maximum Gasteiger partial charge on any atom is 0.251 e. The van der Waals surface area contributed by atoms with E-state index < -0.39 is 0 Å². The molecule has 3 aromatic rings. The predicted octanol–water partition coefficient (Wildman–Crippen LogP) is 4.65. The Morgan fingerprint density at radius 2 is 1.57 bits per heavy atom. The molecule has 0 saturated carbocycles. The number of benzene rings is 3. The summed E-state index contributed by atoms with van der Waals surface area (Å²) in [6.45, 7) is 3.62. The normalized spacial score (nSPS) is 10.5. The summed E-state index contributed by atoms with van der Waals surface area (Å²) < 4.78 is 10.9. The first kappa shape index (κ1) is 19.6. The van der Waals surface area contributed by atoms with Crippen molar-refractivity contribution < 1.29 is 14.3 Å². The van der Waals surface area contributed by atoms with E-state index in [1.165, 1.54) is 5.56 Å². The quantitative estimate of drug-likeness (QED) is 0.623. The zero-order valence-electron chi connectivity index (χ0n) is 16.3. The van der Waals surface area contributed by atoms with Gasteiger partial charge in [0.05, 0.1) is 6.61 Å². The molecule has 0 atom stereocenters. The van der Waals surface area contributed by atoms with Crippen molar-refractivity contribution >= 4 is 5.91 Å². The lowest BCUT2D eigenvalue weighted by molar-refractivity contribution is 0.0951. The molecule has 0 spiro atoms. The number of aryl methyl sites for hydroxylation is 1. The molecule has 4 heteroatoms. The second-order valence-electron chi connectivity index (χ2n) is 6.73. The lowest BCUT2D eigenvalue weighted by Gasteiger charge is -2.09. The van der Waals surface area contributed by atoms with Crippen molar-refractivity contribution in [2.45, 2.75) is 26.7 Å². The fourth-order valence-corrected chi connectivity index (χ4v) is 2.88. The third-order valence-electron chi connectivity index (χ3n) is 4.39. The fraction of sp³-hybridized carbons (Fsp3) is 0.208. The number of amides is 1. The molecule has 4 nitrogen and oxygen atoms in total. The van der Waals surface area contributed by atoms with Crippen LogP contribution in [0.5, 0.6) is 5.75 Å². The molecule has 0 aromatic heterocycles. The number of carbonyl (C=O) groups excluding carboxylic acids is 1. The SMILES string of the molecule is COCc1ccc(C(=O)NCc2ccc(OCc3cccc(C)c3)cc2)cc1. The molecule has 0 fully saturated rings. The Hall–Kier alpha value is -3.11. The Morgan fingerprint density at radius 3 is 2.25 bits per heavy atom. The second-order valence-corrected chi connectivity index (χ2v) is 6.73. The van der Waals surface area contributed by atoms with E-state index in [9.17, 15) is 4.79 Å². The van der Waals surface area contributed by atoms with Crippen LogP contribution in [-0.4, -0.2) is 13.0 Å². The standard InChI is InChI=1S/C24H25NO3/c1-18-4-3-5-21(14-18)17-28-23-12-8-19(9-13-23)15-25-24(26)22-10-6-20(7-11-22)16-27-2/h3-14H,15-17H2,1-2H3,(H,25,26). The van der Waals surface area contributed by atoms with E-state index in [1.54, 1.807) is 7.11 Å². The van der Waals surface area contributed by atoms with Crippen LogP contribution >= 0.6 is 0 Å². The summed E-state index contributed by atoms with van der Waals surface area (Å²) in [6, 6.07) is 23.5. The average Bonchev–Trinajstić information content (AvgIpc) is 2.72. The van der Waals surface area contributed by atoms with Gasteiger partial charge < -0.3 is 14.8 Å². The zero-order chi connectivity index (χ0) is 19.8. The van der Waals surface area contributed by atoms with Gasteiger partial charge in [0.2, 0.25) is 0 Å². The van der Waals surface area contributed by atoms with Crippen LogP contribution in [0.1, 0.15) is 32.6 Å². The number of methoxy groups -OCH3 is 1. The van der Waals surface area contributed by atoms with E-state index in [0.717, 1.165) is 22.4 Å². The molecule has 0 aliphatic carbocycles. The molecule has 28 heavy (non-hydrogen) atoms. The summed E-state index contributed by atoms with van der Waals surface area (Å²) in [7, 11) is 1.65. The van der Waals surface area contributed by atoms with Gasteiger partial charge in [-0.15, -0.1) is 0 Å². The molecule has 144 valence electrons. The fourth-order valence-electron chi connectivity index (χ4n) is 2.88. The molecule has 0 unspecified atom stereocenters. The Bertz CT molecular complexity index is 902. The van der Waals surface area contributed by atoms with Gasteiger partial charge >= 0.3 is 0 Å². The maximum absolute atomic E-state index is 12.3. The molecule has 1 amide bonds. The number of nitrogens with one attached hydrogen (secondary N) is 1. The number of hydrogen-bond acceptors (Lipinski definition) is 3. The largest absolute Gasteiger partial charge is 0.489 e. The summed E-state index contributed by atoms with van der Waals surface area (Å²) >= 11 is 0. The van der Waals surface area contributed by atoms with Gasteiger partial charge in [0.25, 0.3) is 5.91 Å². The predicted molar refractivity (Wildman–Crippen MR) is 110 cm³/mol. The van der Waals surface area contributed by atoms with Crippen LogP contribution in [0.4, 0.5) is 0 Å². The topological polar surface area (TPSA) is 47.6 Å². The Kier molecular flexibility index (Phi) is 6.82. The van der Waals surface area contributed by atoms with Crippen LogP contribution in [0.3, 0.4) is 0 Å². The first-order valence-corrected chi connectivity index (χ1v) is 9.27. The van der Waals surface area contributed by atoms with Crippen LogP contribution in [0, 0.1) is 6.92 Å². The Labute approximate surface area is 166 Å². The van der Waals surface area contributed by atoms with Crippen molar-refractivity contribution in [2.24, 2.45) is 0 Å². The molecule has 0 aliphatic heterocycles. The van der Waals surface area contributed by atoms with Crippen LogP contribution in [-0.2, 0) is 24.5 Å². The van der Waals surface area contributed by atoms with Crippen molar-refractivity contribution in [3.63, 3.8) is 0 Å². The molecule has 3 rings (SSSR count). The van der Waals surface area contributed by atoms with Gasteiger partial charge in [-0.05, 0) is 47.9 Å². The molecule has 0 saturated heterocycles. The lowest BCUT2D eigenvalue weighted by Crippen LogP contribution is -2.22. The maximum atomic E-state index is 12.3. The highest BCUT2D eigenvalue weighted by Gasteiger charge is 2.05. The molecule has 1 N–H and O–H groups in total. The van der Waals surface area contributed by atoms with Crippen molar-refractivity contribution in [2.75, 3.05) is 7.11 Å². The van der Waals surface area contributed by atoms with E-state index in [0.29, 0.717) is 25.3 Å². The van der Waals surface area contributed by atoms with E-state index in [1.807, 2.05) is 54.6 Å². The first-order valence-electron chi connectivity index (χ1n) is 9.27. The highest BCUT2D eigenvalue weighted by atomic mass is 16.5. The Balaban J connectivity index is 1.49. The van der Waals surface area contributed by atoms with E-state index in [-0.39, 0.29) is 5.91 Å². The van der Waals surface area contributed by atoms with E-state index in [4.69, 9.17) is 9.47 Å². The van der Waals surface area contributed by atoms with Crippen molar-refractivity contribution in [1.29, 1.82) is 0 Å². The summed E-state index contributed by atoms with van der Waals surface area (Å²) in [5.41, 5.74) is 5.07. The minimum absolute atomic E-state index is 0.0938. The number of carbonyl (C=O) groups is 1.